The second-order valence-corrected chi connectivity index (χ2v) is 2.50. The second-order valence-electron chi connectivity index (χ2n) is 2.50. The van der Waals surface area contributed by atoms with E-state index >= 15 is 0 Å². The smallest absolute Gasteiger partial charge is 0.0546 e. The summed E-state index contributed by atoms with van der Waals surface area (Å²) in [7, 11) is 0. The maximum Gasteiger partial charge on any atom is 0.0546 e. The Morgan fingerprint density at radius 1 is 1.73 bits per heavy atom. The highest BCUT2D eigenvalue weighted by Gasteiger charge is 2.04. The Balaban J connectivity index is 2.93. The van der Waals surface area contributed by atoms with E-state index in [1.165, 1.54) is 0 Å². The van der Waals surface area contributed by atoms with Gasteiger partial charge in [-0.25, -0.2) is 0 Å². The summed E-state index contributed by atoms with van der Waals surface area (Å²) in [5.41, 5.74) is 14.0. The van der Waals surface area contributed by atoms with Crippen molar-refractivity contribution >= 4 is 0 Å². The van der Waals surface area contributed by atoms with Crippen LogP contribution in [0.15, 0.2) is 35.3 Å². The van der Waals surface area contributed by atoms with Gasteiger partial charge in [-0.05, 0) is 31.0 Å². The number of allylic oxidation sites excluding steroid dienone is 3. The van der Waals surface area contributed by atoms with Crippen LogP contribution in [0.25, 0.3) is 0 Å². The fraction of sp³-hybridized carbons (Fsp3) is 0.250. The van der Waals surface area contributed by atoms with Crippen molar-refractivity contribution < 1.29 is 0 Å². The van der Waals surface area contributed by atoms with E-state index in [0.29, 0.717) is 6.54 Å². The summed E-state index contributed by atoms with van der Waals surface area (Å²) < 4.78 is 0. The highest BCUT2D eigenvalue weighted by atomic mass is 14.9. The molecule has 0 aliphatic carbocycles. The van der Waals surface area contributed by atoms with Crippen molar-refractivity contribution in [3.05, 3.63) is 35.3 Å². The normalized spacial score (nSPS) is 18.5. The monoisotopic (exact) mass is 151 g/mol. The largest absolute Gasteiger partial charge is 0.404 e. The molecule has 1 rings (SSSR count). The molecule has 60 valence electrons. The lowest BCUT2D eigenvalue weighted by molar-refractivity contribution is 0.892. The van der Waals surface area contributed by atoms with Gasteiger partial charge in [0.1, 0.15) is 0 Å². The van der Waals surface area contributed by atoms with Crippen molar-refractivity contribution in [1.82, 2.24) is 5.32 Å². The van der Waals surface area contributed by atoms with E-state index in [1.807, 2.05) is 19.2 Å². The summed E-state index contributed by atoms with van der Waals surface area (Å²) in [5.74, 6) is 0. The summed E-state index contributed by atoms with van der Waals surface area (Å²) >= 11 is 0. The maximum absolute atomic E-state index is 5.72. The fourth-order valence-corrected chi connectivity index (χ4v) is 0.988. The Morgan fingerprint density at radius 2 is 2.45 bits per heavy atom. The van der Waals surface area contributed by atoms with Gasteiger partial charge < -0.3 is 16.8 Å². The molecule has 0 aromatic carbocycles. The molecular formula is C8H13N3. The van der Waals surface area contributed by atoms with Crippen LogP contribution >= 0.6 is 0 Å². The standard InChI is InChI=1S/C8H13N3/c1-6(4-9)7-2-3-11-5-8(7)10/h2-4,11H,5,9-10H2,1H3/b6-4-. The summed E-state index contributed by atoms with van der Waals surface area (Å²) in [4.78, 5) is 0. The van der Waals surface area contributed by atoms with Gasteiger partial charge in [0.25, 0.3) is 0 Å². The molecule has 0 spiro atoms. The first-order valence-electron chi connectivity index (χ1n) is 3.53. The minimum absolute atomic E-state index is 0.705. The molecule has 1 aliphatic heterocycles. The molecule has 0 radical (unpaired) electrons. The first-order chi connectivity index (χ1) is 5.25. The molecule has 11 heavy (non-hydrogen) atoms. The number of nitrogens with two attached hydrogens (primary N) is 2. The first kappa shape index (κ1) is 7.72. The van der Waals surface area contributed by atoms with Crippen LogP contribution in [0.2, 0.25) is 0 Å². The van der Waals surface area contributed by atoms with E-state index in [4.69, 9.17) is 11.5 Å². The van der Waals surface area contributed by atoms with Crippen molar-refractivity contribution in [3.63, 3.8) is 0 Å². The molecular weight excluding hydrogens is 138 g/mol. The van der Waals surface area contributed by atoms with E-state index in [9.17, 15) is 0 Å². The number of hydrogen-bond donors (Lipinski definition) is 3. The summed E-state index contributed by atoms with van der Waals surface area (Å²) in [5, 5.41) is 3.01. The highest BCUT2D eigenvalue weighted by molar-refractivity contribution is 5.43. The van der Waals surface area contributed by atoms with Crippen LogP contribution in [0.4, 0.5) is 0 Å². The van der Waals surface area contributed by atoms with Gasteiger partial charge in [0, 0.05) is 11.3 Å². The van der Waals surface area contributed by atoms with Crippen molar-refractivity contribution in [2.45, 2.75) is 6.92 Å². The van der Waals surface area contributed by atoms with Crippen LogP contribution in [0.5, 0.6) is 0 Å². The number of nitrogens with one attached hydrogen (secondary N) is 1. The third-order valence-corrected chi connectivity index (χ3v) is 1.68. The van der Waals surface area contributed by atoms with E-state index in [1.54, 1.807) is 6.20 Å². The van der Waals surface area contributed by atoms with E-state index in [0.717, 1.165) is 16.8 Å². The predicted octanol–water partition coefficient (Wildman–Crippen LogP) is 0.179. The fourth-order valence-electron chi connectivity index (χ4n) is 0.988. The Morgan fingerprint density at radius 3 is 3.00 bits per heavy atom. The van der Waals surface area contributed by atoms with Gasteiger partial charge in [-0.1, -0.05) is 0 Å². The molecule has 5 N–H and O–H groups in total. The van der Waals surface area contributed by atoms with Crippen LogP contribution < -0.4 is 16.8 Å². The Kier molecular flexibility index (Phi) is 2.21. The Bertz CT molecular complexity index is 236. The molecule has 0 amide bonds. The van der Waals surface area contributed by atoms with Gasteiger partial charge in [-0.3, -0.25) is 0 Å². The zero-order chi connectivity index (χ0) is 8.27. The molecule has 3 nitrogen and oxygen atoms in total. The Hall–Kier alpha value is -1.38. The number of rotatable bonds is 1. The molecule has 0 saturated carbocycles. The van der Waals surface area contributed by atoms with E-state index < -0.39 is 0 Å². The quantitative estimate of drug-likeness (QED) is 0.501. The Labute approximate surface area is 66.4 Å². The predicted molar refractivity (Wildman–Crippen MR) is 46.3 cm³/mol. The third-order valence-electron chi connectivity index (χ3n) is 1.68. The highest BCUT2D eigenvalue weighted by Crippen LogP contribution is 2.13. The molecule has 0 aromatic heterocycles. The minimum atomic E-state index is 0.705. The van der Waals surface area contributed by atoms with Crippen molar-refractivity contribution in [2.24, 2.45) is 11.5 Å². The maximum atomic E-state index is 5.72. The summed E-state index contributed by atoms with van der Waals surface area (Å²) in [6.07, 6.45) is 5.37. The SMILES string of the molecule is C/C(=C/N)C1=C(N)CNC=C1. The lowest BCUT2D eigenvalue weighted by Gasteiger charge is -2.13. The lowest BCUT2D eigenvalue weighted by atomic mass is 10.0. The summed E-state index contributed by atoms with van der Waals surface area (Å²) in [6, 6.07) is 0. The average Bonchev–Trinajstić information content (AvgIpc) is 2.04. The van der Waals surface area contributed by atoms with Crippen LogP contribution in [0, 0.1) is 0 Å². The topological polar surface area (TPSA) is 64.1 Å². The van der Waals surface area contributed by atoms with Gasteiger partial charge in [0.15, 0.2) is 0 Å². The van der Waals surface area contributed by atoms with Crippen LogP contribution in [-0.4, -0.2) is 6.54 Å². The molecule has 0 fully saturated rings. The number of dihydropyridines is 1. The lowest BCUT2D eigenvalue weighted by Crippen LogP contribution is -2.21. The molecule has 0 unspecified atom stereocenters. The molecule has 1 heterocycles. The zero-order valence-corrected chi connectivity index (χ0v) is 6.59. The zero-order valence-electron chi connectivity index (χ0n) is 6.59. The van der Waals surface area contributed by atoms with Crippen molar-refractivity contribution in [2.75, 3.05) is 6.54 Å². The molecule has 0 aromatic rings. The molecule has 0 atom stereocenters. The van der Waals surface area contributed by atoms with Crippen molar-refractivity contribution in [1.29, 1.82) is 0 Å². The van der Waals surface area contributed by atoms with Gasteiger partial charge >= 0.3 is 0 Å². The molecule has 0 saturated heterocycles. The molecule has 3 heteroatoms. The van der Waals surface area contributed by atoms with E-state index in [2.05, 4.69) is 5.32 Å². The number of hydrogen-bond acceptors (Lipinski definition) is 3. The minimum Gasteiger partial charge on any atom is -0.404 e. The van der Waals surface area contributed by atoms with E-state index in [-0.39, 0.29) is 0 Å². The third kappa shape index (κ3) is 1.55. The second kappa shape index (κ2) is 3.14. The van der Waals surface area contributed by atoms with Gasteiger partial charge in [-0.15, -0.1) is 0 Å². The average molecular weight is 151 g/mol. The van der Waals surface area contributed by atoms with Gasteiger partial charge in [-0.2, -0.15) is 0 Å². The molecule has 0 bridgehead atoms. The summed E-state index contributed by atoms with van der Waals surface area (Å²) in [6.45, 7) is 2.65. The first-order valence-corrected chi connectivity index (χ1v) is 3.53. The van der Waals surface area contributed by atoms with Gasteiger partial charge in [0.2, 0.25) is 0 Å². The van der Waals surface area contributed by atoms with Crippen LogP contribution in [0.1, 0.15) is 6.92 Å². The van der Waals surface area contributed by atoms with Crippen LogP contribution in [-0.2, 0) is 0 Å². The molecule has 1 aliphatic rings. The van der Waals surface area contributed by atoms with Crippen LogP contribution in [0.3, 0.4) is 0 Å². The van der Waals surface area contributed by atoms with Crippen molar-refractivity contribution in [3.8, 4) is 0 Å². The van der Waals surface area contributed by atoms with Gasteiger partial charge in [0.05, 0.1) is 6.54 Å².